The van der Waals surface area contributed by atoms with Crippen LogP contribution in [0.1, 0.15) is 49.2 Å². The second-order valence-corrected chi connectivity index (χ2v) is 7.10. The molecule has 0 saturated heterocycles. The molecule has 0 atom stereocenters. The Kier molecular flexibility index (Phi) is 5.62. The van der Waals surface area contributed by atoms with E-state index in [4.69, 9.17) is 0 Å². The van der Waals surface area contributed by atoms with Crippen LogP contribution in [-0.4, -0.2) is 17.9 Å². The van der Waals surface area contributed by atoms with E-state index in [1.165, 1.54) is 0 Å². The number of rotatable bonds is 5. The van der Waals surface area contributed by atoms with Gasteiger partial charge < -0.3 is 10.6 Å². The van der Waals surface area contributed by atoms with Crippen molar-refractivity contribution in [1.29, 1.82) is 0 Å². The van der Waals surface area contributed by atoms with Crippen LogP contribution in [0.2, 0.25) is 0 Å². The molecule has 0 aromatic heterocycles. The standard InChI is InChI=1S/C21H26N2O2/c1-14(2)22-19(24)16-11-12-18(15(3)13-16)23-20(25)21(4,5)17-9-7-6-8-10-17/h6-14H,1-5H3,(H,22,24)(H,23,25). The van der Waals surface area contributed by atoms with Crippen molar-refractivity contribution in [2.75, 3.05) is 5.32 Å². The molecule has 0 bridgehead atoms. The molecule has 0 radical (unpaired) electrons. The summed E-state index contributed by atoms with van der Waals surface area (Å²) in [4.78, 5) is 24.8. The lowest BCUT2D eigenvalue weighted by Gasteiger charge is -2.24. The Morgan fingerprint density at radius 2 is 1.64 bits per heavy atom. The van der Waals surface area contributed by atoms with Crippen LogP contribution >= 0.6 is 0 Å². The maximum absolute atomic E-state index is 12.8. The van der Waals surface area contributed by atoms with Crippen LogP contribution in [0.5, 0.6) is 0 Å². The molecule has 0 unspecified atom stereocenters. The number of nitrogens with one attached hydrogen (secondary N) is 2. The highest BCUT2D eigenvalue weighted by molar-refractivity contribution is 6.00. The summed E-state index contributed by atoms with van der Waals surface area (Å²) < 4.78 is 0. The van der Waals surface area contributed by atoms with Crippen molar-refractivity contribution in [2.45, 2.75) is 46.1 Å². The summed E-state index contributed by atoms with van der Waals surface area (Å²) in [6.45, 7) is 9.53. The molecule has 132 valence electrons. The molecule has 25 heavy (non-hydrogen) atoms. The van der Waals surface area contributed by atoms with E-state index in [0.29, 0.717) is 5.56 Å². The zero-order chi connectivity index (χ0) is 18.6. The number of aryl methyl sites for hydroxylation is 1. The van der Waals surface area contributed by atoms with E-state index < -0.39 is 5.41 Å². The van der Waals surface area contributed by atoms with Gasteiger partial charge in [0.25, 0.3) is 5.91 Å². The van der Waals surface area contributed by atoms with Crippen LogP contribution in [0, 0.1) is 6.92 Å². The number of amides is 2. The van der Waals surface area contributed by atoms with Crippen molar-refractivity contribution in [1.82, 2.24) is 5.32 Å². The summed E-state index contributed by atoms with van der Waals surface area (Å²) in [6.07, 6.45) is 0. The molecule has 4 heteroatoms. The van der Waals surface area contributed by atoms with Crippen molar-refractivity contribution in [2.24, 2.45) is 0 Å². The lowest BCUT2D eigenvalue weighted by atomic mass is 9.83. The topological polar surface area (TPSA) is 58.2 Å². The molecule has 2 N–H and O–H groups in total. The summed E-state index contributed by atoms with van der Waals surface area (Å²) in [7, 11) is 0. The molecule has 0 aliphatic heterocycles. The number of benzene rings is 2. The first-order valence-electron chi connectivity index (χ1n) is 8.50. The maximum atomic E-state index is 12.8. The minimum atomic E-state index is -0.651. The van der Waals surface area contributed by atoms with Gasteiger partial charge in [-0.2, -0.15) is 0 Å². The highest BCUT2D eigenvalue weighted by atomic mass is 16.2. The number of hydrogen-bond donors (Lipinski definition) is 2. The van der Waals surface area contributed by atoms with Gasteiger partial charge in [0.2, 0.25) is 5.91 Å². The van der Waals surface area contributed by atoms with Crippen molar-refractivity contribution in [3.05, 3.63) is 65.2 Å². The van der Waals surface area contributed by atoms with Crippen LogP contribution in [0.25, 0.3) is 0 Å². The van der Waals surface area contributed by atoms with E-state index in [9.17, 15) is 9.59 Å². The first kappa shape index (κ1) is 18.7. The number of carbonyl (C=O) groups excluding carboxylic acids is 2. The third-order valence-corrected chi connectivity index (χ3v) is 4.22. The van der Waals surface area contributed by atoms with Gasteiger partial charge in [-0.3, -0.25) is 9.59 Å². The average molecular weight is 338 g/mol. The molecule has 4 nitrogen and oxygen atoms in total. The quantitative estimate of drug-likeness (QED) is 0.864. The van der Waals surface area contributed by atoms with E-state index in [1.54, 1.807) is 18.2 Å². The van der Waals surface area contributed by atoms with Gasteiger partial charge in [-0.15, -0.1) is 0 Å². The predicted octanol–water partition coefficient (Wildman–Crippen LogP) is 4.05. The van der Waals surface area contributed by atoms with Crippen molar-refractivity contribution in [3.63, 3.8) is 0 Å². The van der Waals surface area contributed by atoms with Gasteiger partial charge in [0, 0.05) is 17.3 Å². The summed E-state index contributed by atoms with van der Waals surface area (Å²) in [5.74, 6) is -0.193. The van der Waals surface area contributed by atoms with Gasteiger partial charge in [-0.1, -0.05) is 30.3 Å². The first-order valence-corrected chi connectivity index (χ1v) is 8.50. The van der Waals surface area contributed by atoms with Gasteiger partial charge in [0.05, 0.1) is 5.41 Å². The maximum Gasteiger partial charge on any atom is 0.251 e. The van der Waals surface area contributed by atoms with Gasteiger partial charge in [0.1, 0.15) is 0 Å². The molecule has 0 spiro atoms. The number of hydrogen-bond acceptors (Lipinski definition) is 2. The van der Waals surface area contributed by atoms with E-state index in [2.05, 4.69) is 10.6 Å². The van der Waals surface area contributed by atoms with Gasteiger partial charge >= 0.3 is 0 Å². The molecule has 2 rings (SSSR count). The number of anilines is 1. The lowest BCUT2D eigenvalue weighted by molar-refractivity contribution is -0.120. The van der Waals surface area contributed by atoms with Crippen molar-refractivity contribution < 1.29 is 9.59 Å². The van der Waals surface area contributed by atoms with Crippen LogP contribution in [0.4, 0.5) is 5.69 Å². The van der Waals surface area contributed by atoms with Gasteiger partial charge in [0.15, 0.2) is 0 Å². The fourth-order valence-corrected chi connectivity index (χ4v) is 2.56. The zero-order valence-electron chi connectivity index (χ0n) is 15.5. The molecule has 2 aromatic carbocycles. The normalized spacial score (nSPS) is 11.3. The lowest BCUT2D eigenvalue weighted by Crippen LogP contribution is -2.35. The van der Waals surface area contributed by atoms with Crippen LogP contribution in [0.15, 0.2) is 48.5 Å². The molecular formula is C21H26N2O2. The molecule has 0 aliphatic carbocycles. The van der Waals surface area contributed by atoms with Crippen LogP contribution in [-0.2, 0) is 10.2 Å². The second kappa shape index (κ2) is 7.51. The van der Waals surface area contributed by atoms with E-state index in [-0.39, 0.29) is 17.9 Å². The third kappa shape index (κ3) is 4.47. The number of carbonyl (C=O) groups is 2. The fraction of sp³-hybridized carbons (Fsp3) is 0.333. The molecule has 0 saturated carbocycles. The van der Waals surface area contributed by atoms with Crippen molar-refractivity contribution in [3.8, 4) is 0 Å². The Hall–Kier alpha value is -2.62. The Balaban J connectivity index is 2.17. The minimum Gasteiger partial charge on any atom is -0.350 e. The van der Waals surface area contributed by atoms with Gasteiger partial charge in [-0.25, -0.2) is 0 Å². The van der Waals surface area contributed by atoms with E-state index in [1.807, 2.05) is 65.0 Å². The summed E-state index contributed by atoms with van der Waals surface area (Å²) in [5, 5.41) is 5.85. The highest BCUT2D eigenvalue weighted by Crippen LogP contribution is 2.26. The highest BCUT2D eigenvalue weighted by Gasteiger charge is 2.29. The molecule has 2 amide bonds. The Bertz CT molecular complexity index is 765. The van der Waals surface area contributed by atoms with Crippen LogP contribution < -0.4 is 10.6 Å². The second-order valence-electron chi connectivity index (χ2n) is 7.10. The molecule has 0 aliphatic rings. The Labute approximate surface area is 149 Å². The monoisotopic (exact) mass is 338 g/mol. The first-order chi connectivity index (χ1) is 11.7. The Morgan fingerprint density at radius 3 is 2.20 bits per heavy atom. The summed E-state index contributed by atoms with van der Waals surface area (Å²) in [5.41, 5.74) is 2.47. The molecular weight excluding hydrogens is 312 g/mol. The van der Waals surface area contributed by atoms with Crippen LogP contribution in [0.3, 0.4) is 0 Å². The Morgan fingerprint density at radius 1 is 1.00 bits per heavy atom. The largest absolute Gasteiger partial charge is 0.350 e. The van der Waals surface area contributed by atoms with Crippen molar-refractivity contribution >= 4 is 17.5 Å². The third-order valence-electron chi connectivity index (χ3n) is 4.22. The molecule has 0 heterocycles. The zero-order valence-corrected chi connectivity index (χ0v) is 15.5. The SMILES string of the molecule is Cc1cc(C(=O)NC(C)C)ccc1NC(=O)C(C)(C)c1ccccc1. The van der Waals surface area contributed by atoms with Gasteiger partial charge in [-0.05, 0) is 63.9 Å². The van der Waals surface area contributed by atoms with E-state index >= 15 is 0 Å². The smallest absolute Gasteiger partial charge is 0.251 e. The van der Waals surface area contributed by atoms with E-state index in [0.717, 1.165) is 16.8 Å². The fourth-order valence-electron chi connectivity index (χ4n) is 2.56. The predicted molar refractivity (Wildman–Crippen MR) is 102 cm³/mol. The summed E-state index contributed by atoms with van der Waals surface area (Å²) >= 11 is 0. The summed E-state index contributed by atoms with van der Waals surface area (Å²) in [6, 6.07) is 15.1. The minimum absolute atomic E-state index is 0.0822. The average Bonchev–Trinajstić information content (AvgIpc) is 2.56. The molecule has 2 aromatic rings. The molecule has 0 fully saturated rings.